The van der Waals surface area contributed by atoms with Gasteiger partial charge in [-0.2, -0.15) is 10.1 Å². The topological polar surface area (TPSA) is 40.3 Å². The van der Waals surface area contributed by atoms with Crippen molar-refractivity contribution < 1.29 is 0 Å². The van der Waals surface area contributed by atoms with Gasteiger partial charge in [-0.3, -0.25) is 0 Å². The predicted molar refractivity (Wildman–Crippen MR) is 86.1 cm³/mol. The van der Waals surface area contributed by atoms with Gasteiger partial charge < -0.3 is 4.90 Å². The first-order valence-electron chi connectivity index (χ1n) is 6.07. The van der Waals surface area contributed by atoms with Gasteiger partial charge in [0.1, 0.15) is 5.69 Å². The average Bonchev–Trinajstić information content (AvgIpc) is 2.46. The van der Waals surface area contributed by atoms with Crippen LogP contribution in [0.5, 0.6) is 0 Å². The van der Waals surface area contributed by atoms with Gasteiger partial charge >= 0.3 is 0 Å². The highest BCUT2D eigenvalue weighted by Gasteiger charge is 2.09. The van der Waals surface area contributed by atoms with Crippen LogP contribution in [-0.2, 0) is 0 Å². The minimum atomic E-state index is 0.731. The van der Waals surface area contributed by atoms with Crippen molar-refractivity contribution in [2.75, 3.05) is 19.0 Å². The summed E-state index contributed by atoms with van der Waals surface area (Å²) < 4.78 is 0. The van der Waals surface area contributed by atoms with E-state index < -0.39 is 0 Å². The molecule has 2 aromatic carbocycles. The van der Waals surface area contributed by atoms with Crippen LogP contribution in [0, 0.1) is 0 Å². The Morgan fingerprint density at radius 3 is 2.25 bits per heavy atom. The van der Waals surface area contributed by atoms with E-state index in [9.17, 15) is 0 Å². The summed E-state index contributed by atoms with van der Waals surface area (Å²) in [4.78, 5) is 6.00. The highest BCUT2D eigenvalue weighted by Crippen LogP contribution is 2.37. The molecule has 0 atom stereocenters. The summed E-state index contributed by atoms with van der Waals surface area (Å²) in [6.45, 7) is 0. The van der Waals surface area contributed by atoms with E-state index in [4.69, 9.17) is 0 Å². The minimum Gasteiger partial charge on any atom is -0.374 e. The molecule has 0 saturated heterocycles. The molecule has 0 unspecified atom stereocenters. The van der Waals surface area contributed by atoms with Crippen LogP contribution >= 0.6 is 12.2 Å². The summed E-state index contributed by atoms with van der Waals surface area (Å²) in [7, 11) is 3.86. The molecule has 0 saturated carbocycles. The van der Waals surface area contributed by atoms with E-state index >= 15 is 0 Å². The number of rotatable bonds is 4. The van der Waals surface area contributed by atoms with Gasteiger partial charge in [0.25, 0.3) is 0 Å². The maximum absolute atomic E-state index is 4.68. The molecule has 0 aliphatic carbocycles. The van der Waals surface area contributed by atoms with E-state index in [0.717, 1.165) is 22.7 Å². The number of thiocarbonyl (C=S) groups is 1. The lowest BCUT2D eigenvalue weighted by Gasteiger charge is -2.16. The number of nitrogens with zero attached hydrogens (tertiary/aromatic N) is 4. The molecule has 0 heterocycles. The highest BCUT2D eigenvalue weighted by atomic mass is 32.1. The van der Waals surface area contributed by atoms with Crippen LogP contribution in [-0.4, -0.2) is 19.3 Å². The Bertz CT molecular complexity index is 659. The first kappa shape index (κ1) is 14.1. The van der Waals surface area contributed by atoms with Gasteiger partial charge in [-0.1, -0.05) is 24.3 Å². The summed E-state index contributed by atoms with van der Waals surface area (Å²) in [5.74, 6) is 0. The lowest BCUT2D eigenvalue weighted by atomic mass is 10.2. The van der Waals surface area contributed by atoms with E-state index in [1.165, 1.54) is 0 Å². The summed E-state index contributed by atoms with van der Waals surface area (Å²) >= 11 is 4.68. The number of benzene rings is 2. The van der Waals surface area contributed by atoms with Gasteiger partial charge in [0.05, 0.1) is 22.2 Å². The fourth-order valence-electron chi connectivity index (χ4n) is 1.80. The summed E-state index contributed by atoms with van der Waals surface area (Å²) in [5.41, 5.74) is 3.14. The van der Waals surface area contributed by atoms with E-state index in [2.05, 4.69) is 32.6 Å². The van der Waals surface area contributed by atoms with Gasteiger partial charge in [0.2, 0.25) is 0 Å². The molecule has 0 spiro atoms. The van der Waals surface area contributed by atoms with Gasteiger partial charge in [0.15, 0.2) is 0 Å². The third-order valence-corrected chi connectivity index (χ3v) is 2.73. The molecule has 0 amide bonds. The molecule has 20 heavy (non-hydrogen) atoms. The van der Waals surface area contributed by atoms with Crippen molar-refractivity contribution in [3.05, 3.63) is 48.5 Å². The molecule has 2 rings (SSSR count). The Hall–Kier alpha value is -2.36. The molecule has 0 bridgehead atoms. The van der Waals surface area contributed by atoms with Crippen LogP contribution < -0.4 is 4.90 Å². The second-order valence-electron chi connectivity index (χ2n) is 4.28. The molecule has 5 heteroatoms. The Kier molecular flexibility index (Phi) is 4.71. The maximum Gasteiger partial charge on any atom is 0.111 e. The van der Waals surface area contributed by atoms with Crippen molar-refractivity contribution >= 4 is 40.1 Å². The fourth-order valence-corrected chi connectivity index (χ4v) is 1.90. The maximum atomic E-state index is 4.68. The molecule has 0 radical (unpaired) electrons. The first-order valence-corrected chi connectivity index (χ1v) is 6.48. The van der Waals surface area contributed by atoms with Crippen LogP contribution in [0.15, 0.2) is 63.8 Å². The van der Waals surface area contributed by atoms with Crippen LogP contribution in [0.4, 0.5) is 22.7 Å². The Labute approximate surface area is 123 Å². The Morgan fingerprint density at radius 1 is 0.900 bits per heavy atom. The second-order valence-corrected chi connectivity index (χ2v) is 4.46. The van der Waals surface area contributed by atoms with Crippen molar-refractivity contribution in [1.82, 2.24) is 0 Å². The van der Waals surface area contributed by atoms with Gasteiger partial charge in [-0.15, -0.1) is 5.11 Å². The van der Waals surface area contributed by atoms with Crippen molar-refractivity contribution in [3.8, 4) is 0 Å². The monoisotopic (exact) mass is 282 g/mol. The van der Waals surface area contributed by atoms with Crippen molar-refractivity contribution in [2.45, 2.75) is 0 Å². The zero-order valence-electron chi connectivity index (χ0n) is 11.3. The highest BCUT2D eigenvalue weighted by molar-refractivity contribution is 7.78. The minimum absolute atomic E-state index is 0.731. The molecule has 0 aromatic heterocycles. The average molecular weight is 282 g/mol. The third-order valence-electron chi connectivity index (χ3n) is 2.64. The fraction of sp³-hybridized carbons (Fsp3) is 0.133. The van der Waals surface area contributed by atoms with E-state index in [1.807, 2.05) is 67.5 Å². The number of hydrogen-bond donors (Lipinski definition) is 0. The van der Waals surface area contributed by atoms with Crippen LogP contribution in [0.3, 0.4) is 0 Å². The number of isothiocyanates is 1. The molecule has 0 aliphatic heterocycles. The Morgan fingerprint density at radius 2 is 1.60 bits per heavy atom. The Balaban J connectivity index is 2.44. The van der Waals surface area contributed by atoms with Gasteiger partial charge in [-0.05, 0) is 36.5 Å². The normalized spacial score (nSPS) is 10.3. The summed E-state index contributed by atoms with van der Waals surface area (Å²) in [6.07, 6.45) is 0. The molecule has 4 nitrogen and oxygen atoms in total. The molecule has 0 aliphatic rings. The first-order chi connectivity index (χ1) is 9.72. The van der Waals surface area contributed by atoms with E-state index in [1.54, 1.807) is 0 Å². The molecule has 0 fully saturated rings. The number of aliphatic imine (C=N–C) groups is 1. The van der Waals surface area contributed by atoms with Crippen LogP contribution in [0.1, 0.15) is 0 Å². The van der Waals surface area contributed by atoms with E-state index in [-0.39, 0.29) is 0 Å². The summed E-state index contributed by atoms with van der Waals surface area (Å²) in [5, 5.41) is 10.9. The standard InChI is InChI=1S/C15H14N4S/c1-19(2)15-13(16-11-20)9-6-10-14(15)18-17-12-7-4-3-5-8-12/h3-10H,1-2H3. The SMILES string of the molecule is CN(C)c1c(N=C=S)cccc1N=Nc1ccccc1. The molecular formula is C15H14N4S. The molecule has 0 N–H and O–H groups in total. The lowest BCUT2D eigenvalue weighted by Crippen LogP contribution is -2.08. The largest absolute Gasteiger partial charge is 0.374 e. The number of hydrogen-bond acceptors (Lipinski definition) is 5. The van der Waals surface area contributed by atoms with Gasteiger partial charge in [-0.25, -0.2) is 0 Å². The van der Waals surface area contributed by atoms with Crippen LogP contribution in [0.2, 0.25) is 0 Å². The number of anilines is 1. The van der Waals surface area contributed by atoms with Crippen molar-refractivity contribution in [1.29, 1.82) is 0 Å². The van der Waals surface area contributed by atoms with Gasteiger partial charge in [0, 0.05) is 14.1 Å². The summed E-state index contributed by atoms with van der Waals surface area (Å²) in [6, 6.07) is 15.2. The van der Waals surface area contributed by atoms with Crippen molar-refractivity contribution in [2.24, 2.45) is 15.2 Å². The molecule has 100 valence electrons. The zero-order chi connectivity index (χ0) is 14.4. The predicted octanol–water partition coefficient (Wildman–Crippen LogP) is 4.90. The zero-order valence-corrected chi connectivity index (χ0v) is 12.1. The number of azo groups is 1. The lowest BCUT2D eigenvalue weighted by molar-refractivity contribution is 1.11. The molecular weight excluding hydrogens is 268 g/mol. The van der Waals surface area contributed by atoms with E-state index in [0.29, 0.717) is 0 Å². The third kappa shape index (κ3) is 3.35. The van der Waals surface area contributed by atoms with Crippen molar-refractivity contribution in [3.63, 3.8) is 0 Å². The quantitative estimate of drug-likeness (QED) is 0.454. The second kappa shape index (κ2) is 6.70. The smallest absolute Gasteiger partial charge is 0.111 e. The van der Waals surface area contributed by atoms with Crippen LogP contribution in [0.25, 0.3) is 0 Å². The number of para-hydroxylation sites is 1. The molecule has 2 aromatic rings.